The molecule has 8 heteroatoms. The van der Waals surface area contributed by atoms with E-state index in [1.54, 1.807) is 7.05 Å². The van der Waals surface area contributed by atoms with Gasteiger partial charge in [0, 0.05) is 57.8 Å². The maximum atomic E-state index is 13.7. The van der Waals surface area contributed by atoms with Crippen LogP contribution < -0.4 is 10.6 Å². The molecule has 0 saturated carbocycles. The monoisotopic (exact) mass is 382 g/mol. The summed E-state index contributed by atoms with van der Waals surface area (Å²) in [5.74, 6) is -1.78. The van der Waals surface area contributed by atoms with Crippen molar-refractivity contribution in [1.29, 1.82) is 0 Å². The summed E-state index contributed by atoms with van der Waals surface area (Å²) in [5.41, 5.74) is 0.0960. The first-order valence-corrected chi connectivity index (χ1v) is 9.36. The number of rotatable bonds is 7. The number of benzene rings is 1. The Morgan fingerprint density at radius 3 is 2.67 bits per heavy atom. The van der Waals surface area contributed by atoms with Crippen molar-refractivity contribution >= 4 is 11.9 Å². The first kappa shape index (κ1) is 21.1. The van der Waals surface area contributed by atoms with Crippen molar-refractivity contribution in [2.45, 2.75) is 38.8 Å². The third-order valence-corrected chi connectivity index (χ3v) is 4.96. The normalized spacial score (nSPS) is 15.3. The van der Waals surface area contributed by atoms with Crippen LogP contribution >= 0.6 is 0 Å². The highest BCUT2D eigenvalue weighted by molar-refractivity contribution is 5.77. The second-order valence-electron chi connectivity index (χ2n) is 6.71. The van der Waals surface area contributed by atoms with Gasteiger partial charge in [-0.3, -0.25) is 4.79 Å². The van der Waals surface area contributed by atoms with E-state index in [1.807, 2.05) is 11.8 Å². The molecule has 1 atom stereocenters. The molecule has 0 radical (unpaired) electrons. The van der Waals surface area contributed by atoms with Gasteiger partial charge in [0.15, 0.2) is 11.6 Å². The van der Waals surface area contributed by atoms with Crippen LogP contribution in [0.3, 0.4) is 0 Å². The lowest BCUT2D eigenvalue weighted by Gasteiger charge is -2.30. The summed E-state index contributed by atoms with van der Waals surface area (Å²) in [5, 5.41) is 5.82. The zero-order valence-electron chi connectivity index (χ0n) is 15.9. The number of nitrogens with one attached hydrogen (secondary N) is 2. The van der Waals surface area contributed by atoms with Gasteiger partial charge < -0.3 is 20.4 Å². The Morgan fingerprint density at radius 1 is 1.30 bits per heavy atom. The third-order valence-electron chi connectivity index (χ3n) is 4.96. The molecular weight excluding hydrogens is 354 g/mol. The van der Waals surface area contributed by atoms with E-state index >= 15 is 0 Å². The number of amides is 3. The van der Waals surface area contributed by atoms with Crippen LogP contribution in [-0.2, 0) is 11.3 Å². The third kappa shape index (κ3) is 5.89. The highest BCUT2D eigenvalue weighted by Crippen LogP contribution is 2.13. The Kier molecular flexibility index (Phi) is 7.97. The number of carbonyl (C=O) groups excluding carboxylic acids is 2. The largest absolute Gasteiger partial charge is 0.340 e. The maximum Gasteiger partial charge on any atom is 0.317 e. The van der Waals surface area contributed by atoms with Crippen LogP contribution in [0.4, 0.5) is 13.6 Å². The summed E-state index contributed by atoms with van der Waals surface area (Å²) in [6.45, 7) is 4.90. The van der Waals surface area contributed by atoms with Gasteiger partial charge in [-0.15, -0.1) is 0 Å². The number of hydrogen-bond donors (Lipinski definition) is 2. The van der Waals surface area contributed by atoms with E-state index < -0.39 is 11.6 Å². The minimum atomic E-state index is -0.950. The minimum absolute atomic E-state index is 0.0943. The summed E-state index contributed by atoms with van der Waals surface area (Å²) >= 11 is 0. The van der Waals surface area contributed by atoms with Gasteiger partial charge in [-0.05, 0) is 18.9 Å². The fraction of sp³-hybridized carbons (Fsp3) is 0.579. The lowest BCUT2D eigenvalue weighted by Crippen LogP contribution is -2.47. The van der Waals surface area contributed by atoms with Crippen molar-refractivity contribution in [3.63, 3.8) is 0 Å². The Bertz CT molecular complexity index is 651. The number of piperazine rings is 1. The molecule has 6 nitrogen and oxygen atoms in total. The van der Waals surface area contributed by atoms with Crippen LogP contribution in [0.15, 0.2) is 18.2 Å². The highest BCUT2D eigenvalue weighted by Gasteiger charge is 2.22. The molecule has 1 aliphatic rings. The van der Waals surface area contributed by atoms with Gasteiger partial charge in [0.2, 0.25) is 5.91 Å². The number of hydrogen-bond acceptors (Lipinski definition) is 3. The smallest absolute Gasteiger partial charge is 0.317 e. The second kappa shape index (κ2) is 10.2. The lowest BCUT2D eigenvalue weighted by atomic mass is 10.1. The summed E-state index contributed by atoms with van der Waals surface area (Å²) in [6, 6.07) is 3.40. The molecular formula is C19H28F2N4O2. The van der Waals surface area contributed by atoms with Crippen molar-refractivity contribution in [2.75, 3.05) is 33.2 Å². The van der Waals surface area contributed by atoms with E-state index in [0.29, 0.717) is 32.4 Å². The quantitative estimate of drug-likeness (QED) is 0.759. The van der Waals surface area contributed by atoms with Crippen molar-refractivity contribution in [2.24, 2.45) is 0 Å². The first-order valence-electron chi connectivity index (χ1n) is 9.36. The van der Waals surface area contributed by atoms with E-state index in [2.05, 4.69) is 10.6 Å². The molecule has 1 aromatic carbocycles. The molecule has 1 aliphatic heterocycles. The van der Waals surface area contributed by atoms with Gasteiger partial charge in [-0.25, -0.2) is 13.6 Å². The second-order valence-corrected chi connectivity index (χ2v) is 6.71. The maximum absolute atomic E-state index is 13.7. The Hall–Kier alpha value is -2.22. The van der Waals surface area contributed by atoms with Crippen molar-refractivity contribution in [1.82, 2.24) is 20.4 Å². The molecule has 1 unspecified atom stereocenters. The molecule has 1 heterocycles. The van der Waals surface area contributed by atoms with E-state index in [0.717, 1.165) is 19.2 Å². The van der Waals surface area contributed by atoms with Crippen LogP contribution in [0.1, 0.15) is 31.7 Å². The van der Waals surface area contributed by atoms with Gasteiger partial charge in [0.1, 0.15) is 0 Å². The van der Waals surface area contributed by atoms with Crippen LogP contribution in [0.2, 0.25) is 0 Å². The van der Waals surface area contributed by atoms with E-state index in [1.165, 1.54) is 17.0 Å². The van der Waals surface area contributed by atoms with Gasteiger partial charge in [-0.1, -0.05) is 19.1 Å². The number of nitrogens with zero attached hydrogens (tertiary/aromatic N) is 2. The summed E-state index contributed by atoms with van der Waals surface area (Å²) in [4.78, 5) is 28.0. The predicted octanol–water partition coefficient (Wildman–Crippen LogP) is 2.10. The van der Waals surface area contributed by atoms with E-state index in [-0.39, 0.29) is 30.1 Å². The fourth-order valence-electron chi connectivity index (χ4n) is 3.18. The molecule has 2 N–H and O–H groups in total. The van der Waals surface area contributed by atoms with E-state index in [9.17, 15) is 18.4 Å². The molecule has 2 rings (SSSR count). The van der Waals surface area contributed by atoms with Crippen LogP contribution in [0.25, 0.3) is 0 Å². The molecule has 0 aromatic heterocycles. The average Bonchev–Trinajstić information content (AvgIpc) is 2.69. The molecule has 1 fully saturated rings. The Morgan fingerprint density at radius 2 is 2.00 bits per heavy atom. The molecule has 0 aliphatic carbocycles. The summed E-state index contributed by atoms with van der Waals surface area (Å²) in [6.07, 6.45) is 1.65. The molecule has 1 aromatic rings. The zero-order valence-corrected chi connectivity index (χ0v) is 15.9. The lowest BCUT2D eigenvalue weighted by molar-refractivity contribution is -0.132. The molecule has 27 heavy (non-hydrogen) atoms. The summed E-state index contributed by atoms with van der Waals surface area (Å²) in [7, 11) is 1.65. The minimum Gasteiger partial charge on any atom is -0.340 e. The average molecular weight is 382 g/mol. The van der Waals surface area contributed by atoms with Crippen molar-refractivity contribution < 1.29 is 18.4 Å². The molecule has 0 bridgehead atoms. The van der Waals surface area contributed by atoms with Crippen LogP contribution in [0, 0.1) is 11.6 Å². The molecule has 3 amide bonds. The van der Waals surface area contributed by atoms with Crippen molar-refractivity contribution in [3.8, 4) is 0 Å². The first-order chi connectivity index (χ1) is 12.9. The standard InChI is InChI=1S/C19H28F2N4O2/c1-3-15(7-8-17(26)25-11-9-22-10-12-25)24(2)19(27)23-13-14-5-4-6-16(20)18(14)21/h4-6,15,22H,3,7-13H2,1-2H3,(H,23,27). The number of carbonyl (C=O) groups is 2. The zero-order chi connectivity index (χ0) is 19.8. The predicted molar refractivity (Wildman–Crippen MR) is 99.1 cm³/mol. The Balaban J connectivity index is 1.83. The SMILES string of the molecule is CCC(CCC(=O)N1CCNCC1)N(C)C(=O)NCc1cccc(F)c1F. The fourth-order valence-corrected chi connectivity index (χ4v) is 3.18. The van der Waals surface area contributed by atoms with Gasteiger partial charge in [0.25, 0.3) is 0 Å². The number of urea groups is 1. The number of halogens is 2. The van der Waals surface area contributed by atoms with Gasteiger partial charge in [-0.2, -0.15) is 0 Å². The molecule has 150 valence electrons. The van der Waals surface area contributed by atoms with Gasteiger partial charge >= 0.3 is 6.03 Å². The van der Waals surface area contributed by atoms with Gasteiger partial charge in [0.05, 0.1) is 0 Å². The molecule has 0 spiro atoms. The molecule has 1 saturated heterocycles. The van der Waals surface area contributed by atoms with Crippen molar-refractivity contribution in [3.05, 3.63) is 35.4 Å². The Labute approximate surface area is 158 Å². The summed E-state index contributed by atoms with van der Waals surface area (Å²) < 4.78 is 26.9. The highest BCUT2D eigenvalue weighted by atomic mass is 19.2. The van der Waals surface area contributed by atoms with E-state index in [4.69, 9.17) is 0 Å². The topological polar surface area (TPSA) is 64.7 Å². The van der Waals surface area contributed by atoms with Crippen LogP contribution in [0.5, 0.6) is 0 Å². The van der Waals surface area contributed by atoms with Crippen LogP contribution in [-0.4, -0.2) is 61.0 Å².